The Balaban J connectivity index is 0.00000338. The summed E-state index contributed by atoms with van der Waals surface area (Å²) in [7, 11) is -3.72. The Morgan fingerprint density at radius 1 is 0.731 bits per heavy atom. The summed E-state index contributed by atoms with van der Waals surface area (Å²) in [6.45, 7) is -0.534. The van der Waals surface area contributed by atoms with Crippen molar-refractivity contribution >= 4 is 33.2 Å². The predicted molar refractivity (Wildman–Crippen MR) is 90.6 cm³/mol. The fourth-order valence-corrected chi connectivity index (χ4v) is 3.26. The molecule has 0 aromatic heterocycles. The van der Waals surface area contributed by atoms with Crippen molar-refractivity contribution in [3.8, 4) is 0 Å². The maximum absolute atomic E-state index is 12.6. The van der Waals surface area contributed by atoms with Crippen LogP contribution in [-0.2, 0) is 19.4 Å². The van der Waals surface area contributed by atoms with Crippen LogP contribution in [0.3, 0.4) is 0 Å². The molecule has 8 nitrogen and oxygen atoms in total. The van der Waals surface area contributed by atoms with Gasteiger partial charge in [-0.2, -0.15) is 0 Å². The SMILES string of the molecule is O=C(O)CNc1ccc(S(=O)(=O)c2ccc(NCC(=O)O)cc2)cc1.[Na+]. The first-order valence-corrected chi connectivity index (χ1v) is 8.64. The van der Waals surface area contributed by atoms with E-state index in [-0.39, 0.29) is 52.4 Å². The molecule has 2 rings (SSSR count). The molecule has 0 atom stereocenters. The van der Waals surface area contributed by atoms with Crippen LogP contribution in [0.25, 0.3) is 0 Å². The van der Waals surface area contributed by atoms with Crippen LogP contribution in [-0.4, -0.2) is 43.7 Å². The standard InChI is InChI=1S/C16H16N2O6S.Na/c19-15(20)9-17-11-1-5-13(6-2-11)25(23,24)14-7-3-12(4-8-14)18-10-16(21)22;/h1-8,17-18H,9-10H2,(H,19,20)(H,21,22);/q;+1. The van der Waals surface area contributed by atoms with Gasteiger partial charge in [0, 0.05) is 11.4 Å². The molecule has 0 heterocycles. The number of hydrogen-bond acceptors (Lipinski definition) is 6. The van der Waals surface area contributed by atoms with Crippen molar-refractivity contribution < 1.29 is 57.8 Å². The number of anilines is 2. The summed E-state index contributed by atoms with van der Waals surface area (Å²) in [5, 5.41) is 22.5. The molecule has 26 heavy (non-hydrogen) atoms. The summed E-state index contributed by atoms with van der Waals surface area (Å²) in [6, 6.07) is 11.5. The van der Waals surface area contributed by atoms with E-state index in [9.17, 15) is 18.0 Å². The topological polar surface area (TPSA) is 133 Å². The summed E-state index contributed by atoms with van der Waals surface area (Å²) in [6.07, 6.45) is 0. The van der Waals surface area contributed by atoms with E-state index >= 15 is 0 Å². The number of hydrogen-bond donors (Lipinski definition) is 4. The molecule has 132 valence electrons. The van der Waals surface area contributed by atoms with Crippen molar-refractivity contribution in [3.63, 3.8) is 0 Å². The minimum atomic E-state index is -3.72. The average molecular weight is 387 g/mol. The van der Waals surface area contributed by atoms with E-state index < -0.39 is 21.8 Å². The molecule has 0 radical (unpaired) electrons. The first kappa shape index (κ1) is 22.0. The molecule has 0 fully saturated rings. The molecule has 0 saturated carbocycles. The van der Waals surface area contributed by atoms with Gasteiger partial charge in [0.1, 0.15) is 13.1 Å². The Hall–Kier alpha value is -2.07. The number of carboxylic acid groups (broad SMARTS) is 2. The number of benzene rings is 2. The van der Waals surface area contributed by atoms with Crippen LogP contribution in [0, 0.1) is 0 Å². The normalized spacial score (nSPS) is 10.5. The van der Waals surface area contributed by atoms with Crippen molar-refractivity contribution in [2.24, 2.45) is 0 Å². The Labute approximate surface area is 172 Å². The number of nitrogens with one attached hydrogen (secondary N) is 2. The molecular formula is C16H16N2NaO6S+. The van der Waals surface area contributed by atoms with Crippen LogP contribution < -0.4 is 40.2 Å². The summed E-state index contributed by atoms with van der Waals surface area (Å²) in [4.78, 5) is 21.1. The summed E-state index contributed by atoms with van der Waals surface area (Å²) in [5.74, 6) is -2.04. The van der Waals surface area contributed by atoms with Gasteiger partial charge in [-0.05, 0) is 48.5 Å². The molecule has 0 amide bonds. The second kappa shape index (κ2) is 9.58. The molecule has 0 aliphatic heterocycles. The number of rotatable bonds is 8. The molecule has 2 aromatic carbocycles. The first-order chi connectivity index (χ1) is 11.8. The van der Waals surface area contributed by atoms with Crippen LogP contribution in [0.1, 0.15) is 0 Å². The summed E-state index contributed by atoms with van der Waals surface area (Å²) < 4.78 is 25.1. The zero-order valence-electron chi connectivity index (χ0n) is 14.0. The van der Waals surface area contributed by atoms with Gasteiger partial charge in [0.2, 0.25) is 9.84 Å². The monoisotopic (exact) mass is 387 g/mol. The van der Waals surface area contributed by atoms with Gasteiger partial charge >= 0.3 is 41.5 Å². The van der Waals surface area contributed by atoms with Crippen molar-refractivity contribution in [1.82, 2.24) is 0 Å². The Bertz CT molecular complexity index is 799. The molecule has 0 aliphatic rings. The van der Waals surface area contributed by atoms with E-state index in [0.29, 0.717) is 11.4 Å². The van der Waals surface area contributed by atoms with Gasteiger partial charge in [-0.1, -0.05) is 0 Å². The predicted octanol–water partition coefficient (Wildman–Crippen LogP) is -1.48. The van der Waals surface area contributed by atoms with Gasteiger partial charge in [0.15, 0.2) is 0 Å². The summed E-state index contributed by atoms with van der Waals surface area (Å²) >= 11 is 0. The van der Waals surface area contributed by atoms with E-state index in [1.54, 1.807) is 0 Å². The van der Waals surface area contributed by atoms with Gasteiger partial charge in [-0.15, -0.1) is 0 Å². The second-order valence-electron chi connectivity index (χ2n) is 5.05. The van der Waals surface area contributed by atoms with E-state index in [1.165, 1.54) is 48.5 Å². The summed E-state index contributed by atoms with van der Waals surface area (Å²) in [5.41, 5.74) is 0.990. The molecule has 4 N–H and O–H groups in total. The molecule has 0 aliphatic carbocycles. The molecule has 10 heteroatoms. The van der Waals surface area contributed by atoms with E-state index in [2.05, 4.69) is 10.6 Å². The Kier molecular flexibility index (Phi) is 8.09. The first-order valence-electron chi connectivity index (χ1n) is 7.15. The largest absolute Gasteiger partial charge is 1.00 e. The van der Waals surface area contributed by atoms with Crippen molar-refractivity contribution in [1.29, 1.82) is 0 Å². The third-order valence-electron chi connectivity index (χ3n) is 3.22. The van der Waals surface area contributed by atoms with Crippen LogP contribution >= 0.6 is 0 Å². The third-order valence-corrected chi connectivity index (χ3v) is 5.00. The van der Waals surface area contributed by atoms with Gasteiger partial charge < -0.3 is 20.8 Å². The van der Waals surface area contributed by atoms with E-state index in [1.807, 2.05) is 0 Å². The van der Waals surface area contributed by atoms with Crippen molar-refractivity contribution in [3.05, 3.63) is 48.5 Å². The fraction of sp³-hybridized carbons (Fsp3) is 0.125. The van der Waals surface area contributed by atoms with Crippen LogP contribution in [0.15, 0.2) is 58.3 Å². The number of sulfone groups is 1. The molecule has 0 saturated heterocycles. The second-order valence-corrected chi connectivity index (χ2v) is 7.00. The molecule has 2 aromatic rings. The van der Waals surface area contributed by atoms with E-state index in [4.69, 9.17) is 10.2 Å². The number of carboxylic acids is 2. The van der Waals surface area contributed by atoms with Gasteiger partial charge in [0.25, 0.3) is 0 Å². The quantitative estimate of drug-likeness (QED) is 0.403. The maximum Gasteiger partial charge on any atom is 1.00 e. The van der Waals surface area contributed by atoms with Crippen LogP contribution in [0.2, 0.25) is 0 Å². The number of aliphatic carboxylic acids is 2. The Morgan fingerprint density at radius 3 is 1.31 bits per heavy atom. The van der Waals surface area contributed by atoms with Gasteiger partial charge in [-0.3, -0.25) is 9.59 Å². The third kappa shape index (κ3) is 6.03. The maximum atomic E-state index is 12.6. The van der Waals surface area contributed by atoms with Crippen molar-refractivity contribution in [2.45, 2.75) is 9.79 Å². The minimum Gasteiger partial charge on any atom is -0.480 e. The smallest absolute Gasteiger partial charge is 0.480 e. The molecule has 0 unspecified atom stereocenters. The molecular weight excluding hydrogens is 371 g/mol. The Morgan fingerprint density at radius 2 is 1.04 bits per heavy atom. The average Bonchev–Trinajstić information content (AvgIpc) is 2.59. The zero-order valence-corrected chi connectivity index (χ0v) is 16.8. The number of carbonyl (C=O) groups is 2. The van der Waals surface area contributed by atoms with Crippen LogP contribution in [0.5, 0.6) is 0 Å². The van der Waals surface area contributed by atoms with Crippen LogP contribution in [0.4, 0.5) is 11.4 Å². The van der Waals surface area contributed by atoms with Crippen molar-refractivity contribution in [2.75, 3.05) is 23.7 Å². The van der Waals surface area contributed by atoms with Gasteiger partial charge in [0.05, 0.1) is 9.79 Å². The molecule has 0 spiro atoms. The van der Waals surface area contributed by atoms with Gasteiger partial charge in [-0.25, -0.2) is 8.42 Å². The minimum absolute atomic E-state index is 0. The fourth-order valence-electron chi connectivity index (χ4n) is 2.00. The zero-order chi connectivity index (χ0) is 18.4. The molecule has 0 bridgehead atoms. The van der Waals surface area contributed by atoms with E-state index in [0.717, 1.165) is 0 Å².